The maximum Gasteiger partial charge on any atom is 0.254 e. The van der Waals surface area contributed by atoms with Gasteiger partial charge in [0.25, 0.3) is 5.91 Å². The Morgan fingerprint density at radius 2 is 1.55 bits per heavy atom. The van der Waals surface area contributed by atoms with Gasteiger partial charge in [0, 0.05) is 18.5 Å². The lowest BCUT2D eigenvalue weighted by molar-refractivity contribution is 0.0430. The molecule has 1 amide bonds. The molecule has 1 aliphatic rings. The van der Waals surface area contributed by atoms with Crippen molar-refractivity contribution >= 4 is 5.91 Å². The first kappa shape index (κ1) is 14.8. The summed E-state index contributed by atoms with van der Waals surface area (Å²) in [6, 6.07) is 18.7. The second-order valence-electron chi connectivity index (χ2n) is 6.11. The van der Waals surface area contributed by atoms with Crippen molar-refractivity contribution in [3.8, 4) is 0 Å². The molecule has 1 atom stereocenters. The molecule has 0 radical (unpaired) electrons. The first-order chi connectivity index (χ1) is 10.7. The highest BCUT2D eigenvalue weighted by Crippen LogP contribution is 2.47. The second kappa shape index (κ2) is 5.60. The number of carbonyl (C=O) groups is 1. The van der Waals surface area contributed by atoms with Crippen molar-refractivity contribution in [1.82, 2.24) is 4.90 Å². The van der Waals surface area contributed by atoms with E-state index in [2.05, 4.69) is 44.2 Å². The Hall–Kier alpha value is -2.09. The summed E-state index contributed by atoms with van der Waals surface area (Å²) in [7, 11) is 1.96. The molecule has 2 heteroatoms. The molecule has 114 valence electrons. The SMILES string of the molecule is CCC1(CC)C(c2ccccc2)c2ccccc2C(=O)N1C. The van der Waals surface area contributed by atoms with Crippen molar-refractivity contribution in [2.45, 2.75) is 38.1 Å². The van der Waals surface area contributed by atoms with Crippen LogP contribution in [0.2, 0.25) is 0 Å². The number of likely N-dealkylation sites (N-methyl/N-ethyl adjacent to an activating group) is 1. The van der Waals surface area contributed by atoms with E-state index in [4.69, 9.17) is 0 Å². The van der Waals surface area contributed by atoms with Crippen LogP contribution in [0, 0.1) is 0 Å². The van der Waals surface area contributed by atoms with E-state index in [1.165, 1.54) is 11.1 Å². The summed E-state index contributed by atoms with van der Waals surface area (Å²) in [5.74, 6) is 0.370. The molecule has 2 nitrogen and oxygen atoms in total. The molecule has 3 rings (SSSR count). The van der Waals surface area contributed by atoms with Crippen molar-refractivity contribution in [3.63, 3.8) is 0 Å². The van der Waals surface area contributed by atoms with E-state index in [9.17, 15) is 4.79 Å². The molecule has 0 saturated heterocycles. The second-order valence-corrected chi connectivity index (χ2v) is 6.11. The lowest BCUT2D eigenvalue weighted by Gasteiger charge is -2.51. The molecule has 1 aliphatic heterocycles. The lowest BCUT2D eigenvalue weighted by atomic mass is 9.67. The minimum Gasteiger partial charge on any atom is -0.335 e. The van der Waals surface area contributed by atoms with Gasteiger partial charge in [-0.15, -0.1) is 0 Å². The molecule has 0 aromatic heterocycles. The Labute approximate surface area is 132 Å². The van der Waals surface area contributed by atoms with Crippen LogP contribution in [0.25, 0.3) is 0 Å². The fourth-order valence-corrected chi connectivity index (χ4v) is 4.08. The van der Waals surface area contributed by atoms with E-state index in [0.29, 0.717) is 0 Å². The van der Waals surface area contributed by atoms with Gasteiger partial charge in [0.2, 0.25) is 0 Å². The van der Waals surface area contributed by atoms with E-state index < -0.39 is 0 Å². The first-order valence-electron chi connectivity index (χ1n) is 8.07. The van der Waals surface area contributed by atoms with Crippen molar-refractivity contribution in [2.75, 3.05) is 7.05 Å². The van der Waals surface area contributed by atoms with Crippen LogP contribution < -0.4 is 0 Å². The number of rotatable bonds is 3. The lowest BCUT2D eigenvalue weighted by Crippen LogP contribution is -2.56. The number of amides is 1. The highest BCUT2D eigenvalue weighted by molar-refractivity contribution is 5.98. The van der Waals surface area contributed by atoms with Gasteiger partial charge in [-0.1, -0.05) is 62.4 Å². The number of fused-ring (bicyclic) bond motifs is 1. The predicted octanol–water partition coefficient (Wildman–Crippen LogP) is 4.46. The summed E-state index contributed by atoms with van der Waals surface area (Å²) in [6.45, 7) is 4.38. The average molecular weight is 293 g/mol. The van der Waals surface area contributed by atoms with E-state index in [0.717, 1.165) is 18.4 Å². The van der Waals surface area contributed by atoms with Crippen molar-refractivity contribution < 1.29 is 4.79 Å². The van der Waals surface area contributed by atoms with Gasteiger partial charge in [-0.05, 0) is 30.0 Å². The van der Waals surface area contributed by atoms with Crippen LogP contribution in [0.15, 0.2) is 54.6 Å². The van der Waals surface area contributed by atoms with Crippen LogP contribution in [-0.2, 0) is 0 Å². The highest BCUT2D eigenvalue weighted by atomic mass is 16.2. The summed E-state index contributed by atoms with van der Waals surface area (Å²) in [6.07, 6.45) is 1.89. The number of benzene rings is 2. The maximum absolute atomic E-state index is 12.9. The van der Waals surface area contributed by atoms with Crippen LogP contribution in [0.3, 0.4) is 0 Å². The fraction of sp³-hybridized carbons (Fsp3) is 0.350. The third kappa shape index (κ3) is 1.98. The smallest absolute Gasteiger partial charge is 0.254 e. The van der Waals surface area contributed by atoms with Crippen molar-refractivity contribution in [1.29, 1.82) is 0 Å². The van der Waals surface area contributed by atoms with Gasteiger partial charge in [0.05, 0.1) is 5.54 Å². The van der Waals surface area contributed by atoms with Crippen molar-refractivity contribution in [3.05, 3.63) is 71.3 Å². The standard InChI is InChI=1S/C20H23NO/c1-4-20(5-2)18(15-11-7-6-8-12-15)16-13-9-10-14-17(16)19(22)21(20)3/h6-14,18H,4-5H2,1-3H3. The highest BCUT2D eigenvalue weighted by Gasteiger charge is 2.48. The molecular formula is C20H23NO. The van der Waals surface area contributed by atoms with Crippen LogP contribution in [0.4, 0.5) is 0 Å². The van der Waals surface area contributed by atoms with E-state index in [1.807, 2.05) is 36.2 Å². The van der Waals surface area contributed by atoms with Gasteiger partial charge >= 0.3 is 0 Å². The van der Waals surface area contributed by atoms with Gasteiger partial charge in [0.1, 0.15) is 0 Å². The van der Waals surface area contributed by atoms with Crippen LogP contribution in [0.1, 0.15) is 54.1 Å². The number of hydrogen-bond donors (Lipinski definition) is 0. The monoisotopic (exact) mass is 293 g/mol. The summed E-state index contributed by atoms with van der Waals surface area (Å²) < 4.78 is 0. The zero-order valence-electron chi connectivity index (χ0n) is 13.5. The zero-order chi connectivity index (χ0) is 15.7. The third-order valence-corrected chi connectivity index (χ3v) is 5.37. The molecule has 0 fully saturated rings. The Kier molecular flexibility index (Phi) is 3.78. The maximum atomic E-state index is 12.9. The molecule has 0 bridgehead atoms. The predicted molar refractivity (Wildman–Crippen MR) is 90.1 cm³/mol. The summed E-state index contributed by atoms with van der Waals surface area (Å²) >= 11 is 0. The largest absolute Gasteiger partial charge is 0.335 e. The minimum atomic E-state index is -0.160. The number of nitrogens with zero attached hydrogens (tertiary/aromatic N) is 1. The molecule has 2 aromatic rings. The zero-order valence-corrected chi connectivity index (χ0v) is 13.5. The summed E-state index contributed by atoms with van der Waals surface area (Å²) in [5.41, 5.74) is 3.14. The minimum absolute atomic E-state index is 0.145. The topological polar surface area (TPSA) is 20.3 Å². The van der Waals surface area contributed by atoms with Gasteiger partial charge in [-0.2, -0.15) is 0 Å². The number of carbonyl (C=O) groups excluding carboxylic acids is 1. The Morgan fingerprint density at radius 1 is 0.955 bits per heavy atom. The molecule has 0 aliphatic carbocycles. The summed E-state index contributed by atoms with van der Waals surface area (Å²) in [4.78, 5) is 14.8. The molecule has 0 spiro atoms. The molecule has 2 aromatic carbocycles. The Bertz CT molecular complexity index is 673. The molecule has 1 unspecified atom stereocenters. The molecule has 22 heavy (non-hydrogen) atoms. The number of hydrogen-bond acceptors (Lipinski definition) is 1. The van der Waals surface area contributed by atoms with E-state index >= 15 is 0 Å². The van der Waals surface area contributed by atoms with Gasteiger partial charge in [-0.25, -0.2) is 0 Å². The normalized spacial score (nSPS) is 19.9. The Morgan fingerprint density at radius 3 is 2.18 bits per heavy atom. The van der Waals surface area contributed by atoms with Crippen molar-refractivity contribution in [2.24, 2.45) is 0 Å². The quantitative estimate of drug-likeness (QED) is 0.818. The molecule has 0 saturated carbocycles. The average Bonchev–Trinajstić information content (AvgIpc) is 2.59. The van der Waals surface area contributed by atoms with Gasteiger partial charge < -0.3 is 4.90 Å². The van der Waals surface area contributed by atoms with Gasteiger partial charge in [0.15, 0.2) is 0 Å². The Balaban J connectivity index is 2.29. The first-order valence-corrected chi connectivity index (χ1v) is 8.07. The molecular weight excluding hydrogens is 270 g/mol. The van der Waals surface area contributed by atoms with Crippen LogP contribution in [0.5, 0.6) is 0 Å². The van der Waals surface area contributed by atoms with E-state index in [-0.39, 0.29) is 17.4 Å². The van der Waals surface area contributed by atoms with Crippen LogP contribution >= 0.6 is 0 Å². The fourth-order valence-electron chi connectivity index (χ4n) is 4.08. The third-order valence-electron chi connectivity index (χ3n) is 5.37. The van der Waals surface area contributed by atoms with Gasteiger partial charge in [-0.3, -0.25) is 4.79 Å². The molecule has 0 N–H and O–H groups in total. The van der Waals surface area contributed by atoms with Crippen LogP contribution in [-0.4, -0.2) is 23.4 Å². The molecule has 1 heterocycles. The van der Waals surface area contributed by atoms with E-state index in [1.54, 1.807) is 0 Å². The summed E-state index contributed by atoms with van der Waals surface area (Å²) in [5, 5.41) is 0.